The largest absolute Gasteiger partial charge is 0.496 e. The maximum absolute atomic E-state index is 14.1. The fourth-order valence-corrected chi connectivity index (χ4v) is 8.29. The van der Waals surface area contributed by atoms with E-state index in [0.29, 0.717) is 69.3 Å². The number of imidazole rings is 2. The summed E-state index contributed by atoms with van der Waals surface area (Å²) in [7, 11) is 1.58. The minimum absolute atomic E-state index is 0.146. The lowest BCUT2D eigenvalue weighted by Crippen LogP contribution is -2.32. The summed E-state index contributed by atoms with van der Waals surface area (Å²) in [6, 6.07) is 26.1. The molecule has 0 aliphatic carbocycles. The second-order valence-corrected chi connectivity index (χ2v) is 15.8. The number of aromatic amines is 2. The Kier molecular flexibility index (Phi) is 11.2. The van der Waals surface area contributed by atoms with E-state index in [2.05, 4.69) is 30.8 Å². The Hall–Kier alpha value is -7.27. The van der Waals surface area contributed by atoms with Crippen LogP contribution in [0.4, 0.5) is 0 Å². The average molecular weight is 877 g/mol. The molecule has 0 aliphatic heterocycles. The van der Waals surface area contributed by atoms with Crippen molar-refractivity contribution in [2.24, 2.45) is 0 Å². The molecule has 13 nitrogen and oxygen atoms in total. The van der Waals surface area contributed by atoms with Crippen LogP contribution in [0.15, 0.2) is 95.5 Å². The van der Waals surface area contributed by atoms with Gasteiger partial charge in [0.05, 0.1) is 48.5 Å². The number of oxazole rings is 1. The summed E-state index contributed by atoms with van der Waals surface area (Å²) < 4.78 is 11.9. The Morgan fingerprint density at radius 3 is 2.17 bits per heavy atom. The molecule has 5 heterocycles. The lowest BCUT2D eigenvalue weighted by molar-refractivity contribution is 0.0730. The van der Waals surface area contributed by atoms with E-state index in [1.807, 2.05) is 86.6 Å². The number of nitrogens with zero attached hydrogens (tertiary/aromatic N) is 7. The zero-order chi connectivity index (χ0) is 43.8. The first-order valence-electron chi connectivity index (χ1n) is 20.3. The van der Waals surface area contributed by atoms with Crippen LogP contribution in [0, 0.1) is 19.3 Å². The van der Waals surface area contributed by atoms with E-state index < -0.39 is 0 Å². The number of benzene rings is 4. The number of H-pyrrole nitrogens is 2. The summed E-state index contributed by atoms with van der Waals surface area (Å²) in [5.74, 6) is 4.75. The van der Waals surface area contributed by atoms with E-state index in [-0.39, 0.29) is 53.1 Å². The van der Waals surface area contributed by atoms with Gasteiger partial charge in [0.2, 0.25) is 5.89 Å². The third-order valence-corrected chi connectivity index (χ3v) is 11.3. The number of hydrogen-bond acceptors (Lipinski definition) is 9. The zero-order valence-corrected chi connectivity index (χ0v) is 36.0. The topological polar surface area (TPSA) is 159 Å². The molecule has 9 rings (SSSR count). The first kappa shape index (κ1) is 41.1. The molecular weight excluding hydrogens is 837 g/mol. The van der Waals surface area contributed by atoms with Crippen LogP contribution < -0.4 is 4.74 Å². The smallest absolute Gasteiger partial charge is 0.273 e. The van der Waals surface area contributed by atoms with Crippen LogP contribution in [0.3, 0.4) is 0 Å². The molecule has 0 fully saturated rings. The normalized spacial score (nSPS) is 11.4. The lowest BCUT2D eigenvalue weighted by Gasteiger charge is -2.21. The van der Waals surface area contributed by atoms with Crippen molar-refractivity contribution in [3.63, 3.8) is 0 Å². The number of rotatable bonds is 13. The van der Waals surface area contributed by atoms with Crippen molar-refractivity contribution in [1.29, 1.82) is 0 Å². The van der Waals surface area contributed by atoms with Crippen molar-refractivity contribution in [2.45, 2.75) is 39.8 Å². The number of aromatic nitrogens is 7. The second kappa shape index (κ2) is 17.2. The van der Waals surface area contributed by atoms with E-state index in [1.54, 1.807) is 35.2 Å². The Labute approximate surface area is 371 Å². The molecule has 0 unspecified atom stereocenters. The number of methoxy groups -OCH3 is 1. The van der Waals surface area contributed by atoms with E-state index in [0.717, 1.165) is 39.5 Å². The fourth-order valence-electron chi connectivity index (χ4n) is 7.91. The molecule has 314 valence electrons. The minimum atomic E-state index is -0.306. The number of para-hydroxylation sites is 1. The fraction of sp³-hybridized carbons (Fsp3) is 0.188. The highest BCUT2D eigenvalue weighted by molar-refractivity contribution is 6.31. The Balaban J connectivity index is 0.962. The average Bonchev–Trinajstić information content (AvgIpc) is 4.05. The monoisotopic (exact) mass is 875 g/mol. The Bertz CT molecular complexity index is 3280. The van der Waals surface area contributed by atoms with Crippen LogP contribution in [-0.4, -0.2) is 76.7 Å². The molecule has 0 radical (unpaired) electrons. The SMILES string of the molecule is C#CCCN(Cc1nc2c(-c3ncc(-c4ccc5nc(CN(CCC)C(=O)c6nc(Cl)cc7c(OC)cccc67)[nH]c5c4)o3)cccc2[nH]1)C(=O)c1nc(Cl)cc2c(C)cccc12. The van der Waals surface area contributed by atoms with Crippen molar-refractivity contribution in [2.75, 3.05) is 20.2 Å². The Morgan fingerprint density at radius 1 is 0.778 bits per heavy atom. The number of pyridine rings is 2. The first-order valence-corrected chi connectivity index (χ1v) is 21.0. The Morgan fingerprint density at radius 2 is 1.44 bits per heavy atom. The molecule has 0 aliphatic rings. The number of terminal acetylenes is 1. The highest BCUT2D eigenvalue weighted by atomic mass is 35.5. The molecule has 4 aromatic carbocycles. The standard InChI is InChI=1S/C48H39Cl2N9O4/c1-5-7-20-59(48(61)44-29-12-8-11-27(3)32(29)22-39(49)55-44)26-42-53-35-15-9-14-31(43(35)57-42)46-51-24-38(63-46)28-17-18-34-36(21-28)54-41(52-34)25-58(19-6-2)47(60)45-30-13-10-16-37(62-4)33(30)23-40(50)56-45/h1,8-18,21-24H,6-7,19-20,25-26H2,2-4H3,(H,52,54)(H,53,57). The number of nitrogens with one attached hydrogen (secondary N) is 2. The van der Waals surface area contributed by atoms with Crippen molar-refractivity contribution in [3.8, 4) is 40.9 Å². The molecule has 0 saturated carbocycles. The first-order chi connectivity index (χ1) is 30.6. The predicted molar refractivity (Wildman–Crippen MR) is 245 cm³/mol. The molecule has 0 spiro atoms. The molecule has 63 heavy (non-hydrogen) atoms. The third kappa shape index (κ3) is 8.02. The van der Waals surface area contributed by atoms with E-state index in [4.69, 9.17) is 48.7 Å². The van der Waals surface area contributed by atoms with Gasteiger partial charge in [-0.1, -0.05) is 66.5 Å². The molecule has 5 aromatic heterocycles. The van der Waals surface area contributed by atoms with Gasteiger partial charge in [0.25, 0.3) is 11.8 Å². The third-order valence-electron chi connectivity index (χ3n) is 10.9. The predicted octanol–water partition coefficient (Wildman–Crippen LogP) is 10.2. The number of carbonyl (C=O) groups is 2. The highest BCUT2D eigenvalue weighted by Gasteiger charge is 2.25. The van der Waals surface area contributed by atoms with Gasteiger partial charge in [0.15, 0.2) is 5.76 Å². The molecule has 15 heteroatoms. The number of fused-ring (bicyclic) bond motifs is 4. The molecule has 2 N–H and O–H groups in total. The second-order valence-electron chi connectivity index (χ2n) is 15.1. The molecule has 0 bridgehead atoms. The molecule has 0 atom stereocenters. The minimum Gasteiger partial charge on any atom is -0.496 e. The summed E-state index contributed by atoms with van der Waals surface area (Å²) >= 11 is 12.8. The summed E-state index contributed by atoms with van der Waals surface area (Å²) in [4.78, 5) is 61.5. The van der Waals surface area contributed by atoms with Gasteiger partial charge in [0.1, 0.15) is 44.6 Å². The van der Waals surface area contributed by atoms with Gasteiger partial charge in [-0.3, -0.25) is 9.59 Å². The van der Waals surface area contributed by atoms with E-state index in [1.165, 1.54) is 0 Å². The lowest BCUT2D eigenvalue weighted by atomic mass is 10.0. The van der Waals surface area contributed by atoms with E-state index in [9.17, 15) is 9.59 Å². The van der Waals surface area contributed by atoms with Gasteiger partial charge < -0.3 is 28.9 Å². The number of hydrogen-bond donors (Lipinski definition) is 2. The van der Waals surface area contributed by atoms with Gasteiger partial charge in [0, 0.05) is 41.2 Å². The van der Waals surface area contributed by atoms with Crippen LogP contribution >= 0.6 is 23.2 Å². The zero-order valence-electron chi connectivity index (χ0n) is 34.5. The molecule has 0 saturated heterocycles. The maximum Gasteiger partial charge on any atom is 0.273 e. The number of amides is 2. The van der Waals surface area contributed by atoms with Crippen molar-refractivity contribution in [3.05, 3.63) is 130 Å². The van der Waals surface area contributed by atoms with Crippen molar-refractivity contribution >= 4 is 78.6 Å². The number of ether oxygens (including phenoxy) is 1. The number of halogens is 2. The quantitative estimate of drug-likeness (QED) is 0.0849. The summed E-state index contributed by atoms with van der Waals surface area (Å²) in [6.45, 7) is 5.11. The maximum atomic E-state index is 14.1. The molecule has 2 amide bonds. The van der Waals surface area contributed by atoms with E-state index >= 15 is 0 Å². The van der Waals surface area contributed by atoms with Crippen LogP contribution in [-0.2, 0) is 13.1 Å². The van der Waals surface area contributed by atoms with Crippen LogP contribution in [0.2, 0.25) is 10.3 Å². The summed E-state index contributed by atoms with van der Waals surface area (Å²) in [6.07, 6.45) is 8.38. The van der Waals surface area contributed by atoms with Crippen LogP contribution in [0.5, 0.6) is 5.75 Å². The van der Waals surface area contributed by atoms with Crippen molar-refractivity contribution in [1.82, 2.24) is 44.7 Å². The number of carbonyl (C=O) groups excluding carboxylic acids is 2. The van der Waals surface area contributed by atoms with Gasteiger partial charge in [-0.2, -0.15) is 0 Å². The van der Waals surface area contributed by atoms with Crippen LogP contribution in [0.25, 0.3) is 66.4 Å². The van der Waals surface area contributed by atoms with Gasteiger partial charge in [-0.25, -0.2) is 24.9 Å². The number of aryl methyl sites for hydroxylation is 1. The van der Waals surface area contributed by atoms with Gasteiger partial charge in [-0.05, 0) is 72.8 Å². The summed E-state index contributed by atoms with van der Waals surface area (Å²) in [5, 5.41) is 3.37. The molecular formula is C48H39Cl2N9O4. The summed E-state index contributed by atoms with van der Waals surface area (Å²) in [5.41, 5.74) is 5.80. The van der Waals surface area contributed by atoms with Gasteiger partial charge >= 0.3 is 0 Å². The van der Waals surface area contributed by atoms with Gasteiger partial charge in [-0.15, -0.1) is 12.3 Å². The molecule has 9 aromatic rings. The van der Waals surface area contributed by atoms with Crippen molar-refractivity contribution < 1.29 is 18.7 Å². The highest BCUT2D eigenvalue weighted by Crippen LogP contribution is 2.33. The van der Waals surface area contributed by atoms with Crippen LogP contribution in [0.1, 0.15) is 58.0 Å².